The van der Waals surface area contributed by atoms with Gasteiger partial charge in [-0.3, -0.25) is 9.59 Å². The van der Waals surface area contributed by atoms with E-state index in [0.717, 1.165) is 23.3 Å². The molecule has 0 bridgehead atoms. The van der Waals surface area contributed by atoms with Gasteiger partial charge in [0.1, 0.15) is 6.54 Å². The van der Waals surface area contributed by atoms with E-state index in [9.17, 15) is 22.8 Å². The van der Waals surface area contributed by atoms with Crippen molar-refractivity contribution in [2.24, 2.45) is 0 Å². The zero-order valence-corrected chi connectivity index (χ0v) is 15.4. The van der Waals surface area contributed by atoms with Gasteiger partial charge < -0.3 is 10.2 Å². The van der Waals surface area contributed by atoms with Crippen LogP contribution < -0.4 is 5.32 Å². The molecule has 2 amide bonds. The molecule has 27 heavy (non-hydrogen) atoms. The summed E-state index contributed by atoms with van der Waals surface area (Å²) in [5, 5.41) is 2.18. The summed E-state index contributed by atoms with van der Waals surface area (Å²) >= 11 is 0. The Kier molecular flexibility index (Phi) is 6.60. The predicted molar refractivity (Wildman–Crippen MR) is 97.1 cm³/mol. The molecule has 0 atom stereocenters. The topological polar surface area (TPSA) is 49.4 Å². The SMILES string of the molecule is CCCN(CC(=O)Nc1ccc(F)c(F)c1F)C(=O)c1ccc(C)c(C)c1. The standard InChI is InChI=1S/C20H21F3N2O2/c1-4-9-25(20(27)14-6-5-12(2)13(3)10-14)11-17(26)24-16-8-7-15(21)18(22)19(16)23/h5-8,10H,4,9,11H2,1-3H3,(H,24,26). The quantitative estimate of drug-likeness (QED) is 0.766. The van der Waals surface area contributed by atoms with Gasteiger partial charge in [0.2, 0.25) is 5.91 Å². The first-order valence-corrected chi connectivity index (χ1v) is 8.54. The summed E-state index contributed by atoms with van der Waals surface area (Å²) in [5.41, 5.74) is 1.96. The van der Waals surface area contributed by atoms with Crippen LogP contribution in [0.25, 0.3) is 0 Å². The van der Waals surface area contributed by atoms with Crippen molar-refractivity contribution in [1.82, 2.24) is 4.90 Å². The molecule has 2 rings (SSSR count). The number of nitrogens with one attached hydrogen (secondary N) is 1. The first-order chi connectivity index (χ1) is 12.7. The summed E-state index contributed by atoms with van der Waals surface area (Å²) in [5.74, 6) is -5.52. The van der Waals surface area contributed by atoms with Gasteiger partial charge in [-0.15, -0.1) is 0 Å². The van der Waals surface area contributed by atoms with Gasteiger partial charge in [-0.2, -0.15) is 0 Å². The molecular formula is C20H21F3N2O2. The Morgan fingerprint density at radius 2 is 1.70 bits per heavy atom. The largest absolute Gasteiger partial charge is 0.329 e. The van der Waals surface area contributed by atoms with E-state index < -0.39 is 29.0 Å². The van der Waals surface area contributed by atoms with Crippen molar-refractivity contribution in [3.8, 4) is 0 Å². The lowest BCUT2D eigenvalue weighted by molar-refractivity contribution is -0.116. The van der Waals surface area contributed by atoms with Crippen LogP contribution in [0.3, 0.4) is 0 Å². The highest BCUT2D eigenvalue weighted by molar-refractivity contribution is 5.99. The number of hydrogen-bond acceptors (Lipinski definition) is 2. The lowest BCUT2D eigenvalue weighted by Gasteiger charge is -2.22. The molecule has 0 aliphatic heterocycles. The fourth-order valence-corrected chi connectivity index (χ4v) is 2.56. The predicted octanol–water partition coefficient (Wildman–Crippen LogP) is 4.21. The Morgan fingerprint density at radius 1 is 1.00 bits per heavy atom. The molecule has 0 heterocycles. The first kappa shape index (κ1) is 20.5. The van der Waals surface area contributed by atoms with Crippen LogP contribution in [0.4, 0.5) is 18.9 Å². The highest BCUT2D eigenvalue weighted by atomic mass is 19.2. The molecule has 0 spiro atoms. The molecule has 7 heteroatoms. The van der Waals surface area contributed by atoms with E-state index in [4.69, 9.17) is 0 Å². The van der Waals surface area contributed by atoms with Crippen LogP contribution in [0.1, 0.15) is 34.8 Å². The van der Waals surface area contributed by atoms with Gasteiger partial charge in [-0.05, 0) is 55.7 Å². The fraction of sp³-hybridized carbons (Fsp3) is 0.300. The smallest absolute Gasteiger partial charge is 0.254 e. The highest BCUT2D eigenvalue weighted by Gasteiger charge is 2.20. The van der Waals surface area contributed by atoms with Gasteiger partial charge in [0, 0.05) is 12.1 Å². The number of anilines is 1. The minimum absolute atomic E-state index is 0.319. The molecule has 0 aliphatic carbocycles. The molecule has 1 N–H and O–H groups in total. The van der Waals surface area contributed by atoms with Gasteiger partial charge in [-0.1, -0.05) is 13.0 Å². The lowest BCUT2D eigenvalue weighted by atomic mass is 10.1. The molecule has 0 saturated heterocycles. The summed E-state index contributed by atoms with van der Waals surface area (Å²) in [6.07, 6.45) is 0.614. The summed E-state index contributed by atoms with van der Waals surface area (Å²) in [6.45, 7) is 5.65. The number of hydrogen-bond donors (Lipinski definition) is 1. The molecule has 0 radical (unpaired) electrons. The van der Waals surface area contributed by atoms with E-state index in [2.05, 4.69) is 5.32 Å². The minimum atomic E-state index is -1.66. The van der Waals surface area contributed by atoms with E-state index in [1.165, 1.54) is 4.90 Å². The van der Waals surface area contributed by atoms with Gasteiger partial charge >= 0.3 is 0 Å². The molecule has 0 aromatic heterocycles. The van der Waals surface area contributed by atoms with E-state index in [0.29, 0.717) is 18.5 Å². The minimum Gasteiger partial charge on any atom is -0.329 e. The Balaban J connectivity index is 2.15. The lowest BCUT2D eigenvalue weighted by Crippen LogP contribution is -2.38. The van der Waals surface area contributed by atoms with Crippen molar-refractivity contribution in [1.29, 1.82) is 0 Å². The average molecular weight is 378 g/mol. The summed E-state index contributed by atoms with van der Waals surface area (Å²) < 4.78 is 40.0. The average Bonchev–Trinajstić information content (AvgIpc) is 2.63. The maximum Gasteiger partial charge on any atom is 0.254 e. The third-order valence-electron chi connectivity index (χ3n) is 4.18. The number of benzene rings is 2. The van der Waals surface area contributed by atoms with Crippen LogP contribution in [-0.4, -0.2) is 29.8 Å². The van der Waals surface area contributed by atoms with Gasteiger partial charge in [0.15, 0.2) is 17.5 Å². The normalized spacial score (nSPS) is 10.6. The zero-order valence-electron chi connectivity index (χ0n) is 15.4. The second kappa shape index (κ2) is 8.70. The number of halogens is 3. The Bertz CT molecular complexity index is 869. The monoisotopic (exact) mass is 378 g/mol. The number of carbonyl (C=O) groups is 2. The first-order valence-electron chi connectivity index (χ1n) is 8.54. The van der Waals surface area contributed by atoms with Crippen molar-refractivity contribution >= 4 is 17.5 Å². The summed E-state index contributed by atoms with van der Waals surface area (Å²) in [6, 6.07) is 6.90. The van der Waals surface area contributed by atoms with Gasteiger partial charge in [-0.25, -0.2) is 13.2 Å². The van der Waals surface area contributed by atoms with E-state index in [-0.39, 0.29) is 12.5 Å². The van der Waals surface area contributed by atoms with Crippen LogP contribution in [-0.2, 0) is 4.79 Å². The molecule has 4 nitrogen and oxygen atoms in total. The number of amides is 2. The van der Waals surface area contributed by atoms with Crippen molar-refractivity contribution in [2.75, 3.05) is 18.4 Å². The van der Waals surface area contributed by atoms with Crippen molar-refractivity contribution in [3.63, 3.8) is 0 Å². The fourth-order valence-electron chi connectivity index (χ4n) is 2.56. The summed E-state index contributed by atoms with van der Waals surface area (Å²) in [7, 11) is 0. The van der Waals surface area contributed by atoms with Gasteiger partial charge in [0.05, 0.1) is 5.69 Å². The Morgan fingerprint density at radius 3 is 2.33 bits per heavy atom. The zero-order chi connectivity index (χ0) is 20.1. The molecule has 2 aromatic rings. The molecule has 0 fully saturated rings. The Labute approximate surface area is 156 Å². The molecule has 0 unspecified atom stereocenters. The van der Waals surface area contributed by atoms with Crippen LogP contribution in [0.2, 0.25) is 0 Å². The number of carbonyl (C=O) groups excluding carboxylic acids is 2. The van der Waals surface area contributed by atoms with Crippen LogP contribution in [0.5, 0.6) is 0 Å². The van der Waals surface area contributed by atoms with Crippen molar-refractivity contribution in [2.45, 2.75) is 27.2 Å². The number of aryl methyl sites for hydroxylation is 2. The third kappa shape index (κ3) is 4.87. The van der Waals surface area contributed by atoms with E-state index in [1.54, 1.807) is 12.1 Å². The maximum atomic E-state index is 13.7. The molecule has 0 aliphatic rings. The second-order valence-electron chi connectivity index (χ2n) is 6.30. The van der Waals surface area contributed by atoms with E-state index in [1.807, 2.05) is 26.8 Å². The van der Waals surface area contributed by atoms with Crippen LogP contribution in [0.15, 0.2) is 30.3 Å². The molecule has 144 valence electrons. The van der Waals surface area contributed by atoms with Crippen molar-refractivity contribution in [3.05, 3.63) is 64.5 Å². The Hall–Kier alpha value is -2.83. The van der Waals surface area contributed by atoms with Crippen LogP contribution >= 0.6 is 0 Å². The molecule has 2 aromatic carbocycles. The highest BCUT2D eigenvalue weighted by Crippen LogP contribution is 2.20. The van der Waals surface area contributed by atoms with Crippen LogP contribution in [0, 0.1) is 31.3 Å². The number of nitrogens with zero attached hydrogens (tertiary/aromatic N) is 1. The molecular weight excluding hydrogens is 357 g/mol. The molecule has 0 saturated carbocycles. The third-order valence-corrected chi connectivity index (χ3v) is 4.18. The van der Waals surface area contributed by atoms with Gasteiger partial charge in [0.25, 0.3) is 5.91 Å². The number of rotatable bonds is 6. The maximum absolute atomic E-state index is 13.7. The second-order valence-corrected chi connectivity index (χ2v) is 6.30. The van der Waals surface area contributed by atoms with Crippen molar-refractivity contribution < 1.29 is 22.8 Å². The summed E-state index contributed by atoms with van der Waals surface area (Å²) in [4.78, 5) is 26.3. The van der Waals surface area contributed by atoms with E-state index >= 15 is 0 Å².